The number of benzene rings is 1. The molecule has 3 aromatic rings. The number of anilines is 1. The molecule has 2 aliphatic rings. The second-order valence-electron chi connectivity index (χ2n) is 7.87. The predicted molar refractivity (Wildman–Crippen MR) is 111 cm³/mol. The van der Waals surface area contributed by atoms with Crippen LogP contribution in [0.15, 0.2) is 41.2 Å². The van der Waals surface area contributed by atoms with Crippen molar-refractivity contribution < 1.29 is 9.53 Å². The molecule has 1 amide bonds. The number of hydrogen-bond donors (Lipinski definition) is 2. The molecule has 2 heterocycles. The van der Waals surface area contributed by atoms with Crippen LogP contribution < -0.4 is 15.6 Å². The molecular weight excluding hydrogens is 382 g/mol. The first-order valence-corrected chi connectivity index (χ1v) is 10.3. The van der Waals surface area contributed by atoms with Crippen LogP contribution in [-0.2, 0) is 17.6 Å². The number of rotatable bonds is 6. The molecule has 0 radical (unpaired) electrons. The van der Waals surface area contributed by atoms with E-state index < -0.39 is 6.10 Å². The molecule has 0 spiro atoms. The van der Waals surface area contributed by atoms with Crippen LogP contribution in [0.5, 0.6) is 5.75 Å². The van der Waals surface area contributed by atoms with Gasteiger partial charge >= 0.3 is 0 Å². The number of nitrogens with zero attached hydrogens (tertiary/aromatic N) is 3. The second-order valence-corrected chi connectivity index (χ2v) is 7.87. The van der Waals surface area contributed by atoms with E-state index in [0.717, 1.165) is 49.1 Å². The first-order chi connectivity index (χ1) is 14.6. The van der Waals surface area contributed by atoms with Gasteiger partial charge in [-0.15, -0.1) is 0 Å². The Morgan fingerprint density at radius 2 is 2.07 bits per heavy atom. The van der Waals surface area contributed by atoms with Crippen LogP contribution in [0.1, 0.15) is 49.1 Å². The molecule has 1 atom stereocenters. The summed E-state index contributed by atoms with van der Waals surface area (Å²) in [4.78, 5) is 32.7. The van der Waals surface area contributed by atoms with Crippen molar-refractivity contribution in [3.05, 3.63) is 63.7 Å². The summed E-state index contributed by atoms with van der Waals surface area (Å²) in [5, 5.41) is 7.53. The van der Waals surface area contributed by atoms with Crippen molar-refractivity contribution in [2.45, 2.75) is 51.0 Å². The summed E-state index contributed by atoms with van der Waals surface area (Å²) in [7, 11) is 0. The Hall–Kier alpha value is -3.42. The van der Waals surface area contributed by atoms with E-state index in [2.05, 4.69) is 20.4 Å². The number of H-pyrrole nitrogens is 1. The van der Waals surface area contributed by atoms with Gasteiger partial charge in [-0.25, -0.2) is 4.98 Å². The van der Waals surface area contributed by atoms with Gasteiger partial charge in [0, 0.05) is 17.5 Å². The maximum absolute atomic E-state index is 12.8. The zero-order valence-electron chi connectivity index (χ0n) is 16.7. The van der Waals surface area contributed by atoms with E-state index >= 15 is 0 Å². The summed E-state index contributed by atoms with van der Waals surface area (Å²) in [5.41, 5.74) is 2.33. The van der Waals surface area contributed by atoms with Crippen molar-refractivity contribution in [3.63, 3.8) is 0 Å². The van der Waals surface area contributed by atoms with E-state index in [1.807, 2.05) is 24.3 Å². The van der Waals surface area contributed by atoms with E-state index in [4.69, 9.17) is 4.74 Å². The molecule has 8 heteroatoms. The maximum atomic E-state index is 12.8. The molecular formula is C22H23N5O3. The van der Waals surface area contributed by atoms with Crippen LogP contribution in [-0.4, -0.2) is 31.8 Å². The molecule has 1 unspecified atom stereocenters. The number of para-hydroxylation sites is 1. The molecule has 2 N–H and O–H groups in total. The lowest BCUT2D eigenvalue weighted by molar-refractivity contribution is -0.122. The van der Waals surface area contributed by atoms with Gasteiger partial charge in [0.15, 0.2) is 6.10 Å². The number of nitrogens with one attached hydrogen (secondary N) is 2. The van der Waals surface area contributed by atoms with E-state index in [1.165, 1.54) is 4.68 Å². The molecule has 0 bridgehead atoms. The van der Waals surface area contributed by atoms with Crippen LogP contribution in [0.25, 0.3) is 5.95 Å². The minimum atomic E-state index is -0.702. The van der Waals surface area contributed by atoms with E-state index in [1.54, 1.807) is 19.1 Å². The van der Waals surface area contributed by atoms with Crippen molar-refractivity contribution in [1.82, 2.24) is 19.7 Å². The molecule has 1 fully saturated rings. The number of carbonyl (C=O) groups excluding carboxylic acids is 1. The SMILES string of the molecule is CC(Oc1ccccc1)C(=O)Nc1cc(C2CC2)nn1-c1nc2c(c(=O)[nH]1)CCC2. The number of fused-ring (bicyclic) bond motifs is 1. The number of aromatic nitrogens is 4. The lowest BCUT2D eigenvalue weighted by Gasteiger charge is -2.15. The van der Waals surface area contributed by atoms with Gasteiger partial charge in [0.2, 0.25) is 5.95 Å². The minimum Gasteiger partial charge on any atom is -0.481 e. The zero-order valence-corrected chi connectivity index (χ0v) is 16.7. The molecule has 0 saturated heterocycles. The van der Waals surface area contributed by atoms with Gasteiger partial charge in [0.25, 0.3) is 11.5 Å². The van der Waals surface area contributed by atoms with E-state index in [-0.39, 0.29) is 11.5 Å². The van der Waals surface area contributed by atoms with Crippen LogP contribution in [0.4, 0.5) is 5.82 Å². The molecule has 5 rings (SSSR count). The maximum Gasteiger partial charge on any atom is 0.266 e. The van der Waals surface area contributed by atoms with Gasteiger partial charge in [0.1, 0.15) is 11.6 Å². The zero-order chi connectivity index (χ0) is 20.7. The van der Waals surface area contributed by atoms with Gasteiger partial charge in [-0.1, -0.05) is 18.2 Å². The third-order valence-corrected chi connectivity index (χ3v) is 5.53. The normalized spacial score (nSPS) is 16.2. The van der Waals surface area contributed by atoms with Gasteiger partial charge in [-0.2, -0.15) is 9.78 Å². The van der Waals surface area contributed by atoms with Gasteiger partial charge in [-0.3, -0.25) is 14.6 Å². The summed E-state index contributed by atoms with van der Waals surface area (Å²) >= 11 is 0. The molecule has 0 aliphatic heterocycles. The van der Waals surface area contributed by atoms with Crippen molar-refractivity contribution in [2.75, 3.05) is 5.32 Å². The highest BCUT2D eigenvalue weighted by molar-refractivity contribution is 5.93. The van der Waals surface area contributed by atoms with Gasteiger partial charge in [0.05, 0.1) is 11.4 Å². The molecule has 8 nitrogen and oxygen atoms in total. The standard InChI is InChI=1S/C22H23N5O3/c1-13(30-15-6-3-2-4-7-15)20(28)24-19-12-18(14-10-11-14)26-27(19)22-23-17-9-5-8-16(17)21(29)25-22/h2-4,6-7,12-14H,5,8-11H2,1H3,(H,24,28)(H,23,25,29). The largest absolute Gasteiger partial charge is 0.481 e. The van der Waals surface area contributed by atoms with Crippen LogP contribution in [0.2, 0.25) is 0 Å². The van der Waals surface area contributed by atoms with Gasteiger partial charge < -0.3 is 10.1 Å². The number of ether oxygens (including phenoxy) is 1. The molecule has 2 aliphatic carbocycles. The Labute approximate surface area is 173 Å². The number of carbonyl (C=O) groups is 1. The minimum absolute atomic E-state index is 0.131. The van der Waals surface area contributed by atoms with Crippen molar-refractivity contribution in [3.8, 4) is 11.7 Å². The van der Waals surface area contributed by atoms with E-state index in [9.17, 15) is 9.59 Å². The van der Waals surface area contributed by atoms with Crippen LogP contribution in [0, 0.1) is 0 Å². The summed E-state index contributed by atoms with van der Waals surface area (Å²) in [5.74, 6) is 1.52. The van der Waals surface area contributed by atoms with Crippen molar-refractivity contribution in [1.29, 1.82) is 0 Å². The topological polar surface area (TPSA) is 102 Å². The Morgan fingerprint density at radius 1 is 1.27 bits per heavy atom. The quantitative estimate of drug-likeness (QED) is 0.657. The van der Waals surface area contributed by atoms with Crippen molar-refractivity contribution in [2.24, 2.45) is 0 Å². The smallest absolute Gasteiger partial charge is 0.266 e. The molecule has 1 saturated carbocycles. The Bertz CT molecular complexity index is 1150. The summed E-state index contributed by atoms with van der Waals surface area (Å²) in [6, 6.07) is 11.1. The average Bonchev–Trinajstić information content (AvgIpc) is 3.33. The summed E-state index contributed by atoms with van der Waals surface area (Å²) in [6.07, 6.45) is 3.92. The van der Waals surface area contributed by atoms with Crippen molar-refractivity contribution >= 4 is 11.7 Å². The third-order valence-electron chi connectivity index (χ3n) is 5.53. The first kappa shape index (κ1) is 18.6. The molecule has 30 heavy (non-hydrogen) atoms. The monoisotopic (exact) mass is 405 g/mol. The molecule has 1 aromatic carbocycles. The molecule has 2 aromatic heterocycles. The lowest BCUT2D eigenvalue weighted by atomic mass is 10.3. The highest BCUT2D eigenvalue weighted by Crippen LogP contribution is 2.40. The number of hydrogen-bond acceptors (Lipinski definition) is 5. The molecule has 154 valence electrons. The Morgan fingerprint density at radius 3 is 2.83 bits per heavy atom. The second kappa shape index (κ2) is 7.44. The fraction of sp³-hybridized carbons (Fsp3) is 0.364. The first-order valence-electron chi connectivity index (χ1n) is 10.3. The fourth-order valence-corrected chi connectivity index (χ4v) is 3.74. The fourth-order valence-electron chi connectivity index (χ4n) is 3.74. The number of aryl methyl sites for hydroxylation is 1. The average molecular weight is 405 g/mol. The number of aromatic amines is 1. The van der Waals surface area contributed by atoms with Gasteiger partial charge in [-0.05, 0) is 51.2 Å². The van der Waals surface area contributed by atoms with E-state index in [0.29, 0.717) is 23.4 Å². The van der Waals surface area contributed by atoms with Crippen LogP contribution in [0.3, 0.4) is 0 Å². The predicted octanol–water partition coefficient (Wildman–Crippen LogP) is 2.73. The highest BCUT2D eigenvalue weighted by Gasteiger charge is 2.29. The Balaban J connectivity index is 1.43. The van der Waals surface area contributed by atoms with Crippen LogP contribution >= 0.6 is 0 Å². The third kappa shape index (κ3) is 3.60. The lowest BCUT2D eigenvalue weighted by Crippen LogP contribution is -2.31. The Kier molecular flexibility index (Phi) is 4.61. The highest BCUT2D eigenvalue weighted by atomic mass is 16.5. The summed E-state index contributed by atoms with van der Waals surface area (Å²) < 4.78 is 7.25. The number of amides is 1. The summed E-state index contributed by atoms with van der Waals surface area (Å²) in [6.45, 7) is 1.69.